The van der Waals surface area contributed by atoms with E-state index in [2.05, 4.69) is 9.97 Å². The molecule has 0 saturated heterocycles. The average molecular weight is 364 g/mol. The number of para-hydroxylation sites is 1. The van der Waals surface area contributed by atoms with Crippen molar-refractivity contribution >= 4 is 22.9 Å². The smallest absolute Gasteiger partial charge is 0.331 e. The summed E-state index contributed by atoms with van der Waals surface area (Å²) in [6.07, 6.45) is 2.31. The molecule has 6 heteroatoms. The Balaban J connectivity index is 1.67. The van der Waals surface area contributed by atoms with Gasteiger partial charge in [-0.25, -0.2) is 9.78 Å². The third kappa shape index (κ3) is 4.61. The highest BCUT2D eigenvalue weighted by Gasteiger charge is 2.14. The van der Waals surface area contributed by atoms with E-state index in [9.17, 15) is 9.59 Å². The van der Waals surface area contributed by atoms with Crippen molar-refractivity contribution < 1.29 is 14.3 Å². The summed E-state index contributed by atoms with van der Waals surface area (Å²) >= 11 is 0. The van der Waals surface area contributed by atoms with Gasteiger partial charge < -0.3 is 14.5 Å². The summed E-state index contributed by atoms with van der Waals surface area (Å²) in [5.41, 5.74) is 1.15. The van der Waals surface area contributed by atoms with Crippen LogP contribution >= 0.6 is 0 Å². The Bertz CT molecular complexity index is 1020. The van der Waals surface area contributed by atoms with Gasteiger partial charge in [0.2, 0.25) is 0 Å². The van der Waals surface area contributed by atoms with Crippen LogP contribution in [-0.4, -0.2) is 22.5 Å². The van der Waals surface area contributed by atoms with E-state index >= 15 is 0 Å². The molecule has 2 aromatic carbocycles. The van der Waals surface area contributed by atoms with Crippen LogP contribution in [0.1, 0.15) is 31.3 Å². The molecule has 0 bridgehead atoms. The lowest BCUT2D eigenvalue weighted by atomic mass is 10.2. The van der Waals surface area contributed by atoms with Crippen LogP contribution in [0.5, 0.6) is 5.75 Å². The van der Waals surface area contributed by atoms with Gasteiger partial charge in [-0.2, -0.15) is 0 Å². The van der Waals surface area contributed by atoms with E-state index in [4.69, 9.17) is 9.47 Å². The summed E-state index contributed by atoms with van der Waals surface area (Å²) in [6.45, 7) is 4.18. The number of nitrogens with one attached hydrogen (secondary N) is 1. The van der Waals surface area contributed by atoms with Gasteiger partial charge in [0.15, 0.2) is 11.9 Å². The Hall–Kier alpha value is -3.41. The molecule has 0 aliphatic rings. The van der Waals surface area contributed by atoms with Gasteiger partial charge in [-0.1, -0.05) is 24.3 Å². The lowest BCUT2D eigenvalue weighted by Gasteiger charge is -2.11. The van der Waals surface area contributed by atoms with Crippen molar-refractivity contribution in [2.24, 2.45) is 0 Å². The van der Waals surface area contributed by atoms with Crippen LogP contribution in [0.15, 0.2) is 59.4 Å². The summed E-state index contributed by atoms with van der Waals surface area (Å²) in [4.78, 5) is 31.2. The number of carbonyl (C=O) groups is 1. The topological polar surface area (TPSA) is 81.3 Å². The van der Waals surface area contributed by atoms with E-state index in [1.54, 1.807) is 37.3 Å². The summed E-state index contributed by atoms with van der Waals surface area (Å²) in [6, 6.07) is 14.4. The van der Waals surface area contributed by atoms with E-state index in [-0.39, 0.29) is 5.56 Å². The Morgan fingerprint density at radius 3 is 2.67 bits per heavy atom. The molecule has 1 heterocycles. The first-order valence-corrected chi connectivity index (χ1v) is 8.67. The number of hydrogen-bond donors (Lipinski definition) is 1. The van der Waals surface area contributed by atoms with Crippen LogP contribution in [-0.2, 0) is 9.53 Å². The number of benzene rings is 2. The molecule has 0 aliphatic carbocycles. The van der Waals surface area contributed by atoms with Gasteiger partial charge in [-0.15, -0.1) is 0 Å². The molecule has 0 fully saturated rings. The highest BCUT2D eigenvalue weighted by molar-refractivity contribution is 5.87. The summed E-state index contributed by atoms with van der Waals surface area (Å²) in [5.74, 6) is 0.561. The molecular weight excluding hydrogens is 344 g/mol. The Labute approximate surface area is 156 Å². The van der Waals surface area contributed by atoms with Crippen molar-refractivity contribution in [2.45, 2.75) is 20.0 Å². The molecule has 1 atom stereocenters. The number of aromatic amines is 1. The number of nitrogens with zero attached hydrogens (tertiary/aromatic N) is 1. The minimum absolute atomic E-state index is 0.261. The van der Waals surface area contributed by atoms with E-state index in [0.717, 1.165) is 11.3 Å². The highest BCUT2D eigenvalue weighted by Crippen LogP contribution is 2.16. The number of esters is 1. The van der Waals surface area contributed by atoms with Crippen LogP contribution in [0.25, 0.3) is 17.0 Å². The SMILES string of the molecule is CCOc1ccc(/C=C/C(=O)OC(C)c2nc3ccccc3c(=O)[nH]2)cc1. The monoisotopic (exact) mass is 364 g/mol. The van der Waals surface area contributed by atoms with Gasteiger partial charge in [0.25, 0.3) is 5.56 Å². The van der Waals surface area contributed by atoms with Crippen molar-refractivity contribution in [3.63, 3.8) is 0 Å². The second-order valence-electron chi connectivity index (χ2n) is 5.88. The summed E-state index contributed by atoms with van der Waals surface area (Å²) in [5, 5.41) is 0.496. The maximum absolute atomic E-state index is 12.1. The molecule has 1 N–H and O–H groups in total. The fourth-order valence-corrected chi connectivity index (χ4v) is 2.57. The molecule has 0 aliphatic heterocycles. The van der Waals surface area contributed by atoms with Gasteiger partial charge >= 0.3 is 5.97 Å². The maximum Gasteiger partial charge on any atom is 0.331 e. The molecule has 27 heavy (non-hydrogen) atoms. The Morgan fingerprint density at radius 2 is 1.93 bits per heavy atom. The molecule has 3 rings (SSSR count). The molecule has 138 valence electrons. The Kier molecular flexibility index (Phi) is 5.66. The standard InChI is InChI=1S/C21H20N2O4/c1-3-26-16-11-8-15(9-12-16)10-13-19(24)27-14(2)20-22-18-7-5-4-6-17(18)21(25)23-20/h4-14H,3H2,1-2H3,(H,22,23,25)/b13-10+. The average Bonchev–Trinajstić information content (AvgIpc) is 2.67. The second kappa shape index (κ2) is 8.31. The van der Waals surface area contributed by atoms with E-state index < -0.39 is 12.1 Å². The number of hydrogen-bond acceptors (Lipinski definition) is 5. The number of carbonyl (C=O) groups excluding carboxylic acids is 1. The van der Waals surface area contributed by atoms with Gasteiger partial charge in [0.05, 0.1) is 17.5 Å². The van der Waals surface area contributed by atoms with E-state index in [1.807, 2.05) is 31.2 Å². The molecule has 1 unspecified atom stereocenters. The fourth-order valence-electron chi connectivity index (χ4n) is 2.57. The van der Waals surface area contributed by atoms with Crippen molar-refractivity contribution in [1.82, 2.24) is 9.97 Å². The molecule has 3 aromatic rings. The van der Waals surface area contributed by atoms with Crippen molar-refractivity contribution in [3.8, 4) is 5.75 Å². The molecule has 6 nitrogen and oxygen atoms in total. The van der Waals surface area contributed by atoms with Crippen LogP contribution in [0.2, 0.25) is 0 Å². The number of aromatic nitrogens is 2. The van der Waals surface area contributed by atoms with Gasteiger partial charge in [0, 0.05) is 6.08 Å². The molecule has 0 radical (unpaired) electrons. The molecule has 0 saturated carbocycles. The summed E-state index contributed by atoms with van der Waals surface area (Å²) in [7, 11) is 0. The quantitative estimate of drug-likeness (QED) is 0.533. The minimum atomic E-state index is -0.681. The first kappa shape index (κ1) is 18.4. The molecule has 0 amide bonds. The van der Waals surface area contributed by atoms with E-state index in [1.165, 1.54) is 6.08 Å². The van der Waals surface area contributed by atoms with Crippen molar-refractivity contribution in [1.29, 1.82) is 0 Å². The molecule has 0 spiro atoms. The number of ether oxygens (including phenoxy) is 2. The maximum atomic E-state index is 12.1. The molecular formula is C21H20N2O4. The lowest BCUT2D eigenvalue weighted by Crippen LogP contribution is -2.16. The normalized spacial score (nSPS) is 12.2. The van der Waals surface area contributed by atoms with Crippen molar-refractivity contribution in [2.75, 3.05) is 6.61 Å². The zero-order valence-electron chi connectivity index (χ0n) is 15.1. The predicted octanol–water partition coefficient (Wildman–Crippen LogP) is 3.64. The third-order valence-corrected chi connectivity index (χ3v) is 3.91. The highest BCUT2D eigenvalue weighted by atomic mass is 16.5. The van der Waals surface area contributed by atoms with Crippen LogP contribution < -0.4 is 10.3 Å². The molecule has 1 aromatic heterocycles. The second-order valence-corrected chi connectivity index (χ2v) is 5.88. The van der Waals surface area contributed by atoms with Gasteiger partial charge in [-0.3, -0.25) is 4.79 Å². The van der Waals surface area contributed by atoms with E-state index in [0.29, 0.717) is 23.3 Å². The third-order valence-electron chi connectivity index (χ3n) is 3.91. The fraction of sp³-hybridized carbons (Fsp3) is 0.190. The van der Waals surface area contributed by atoms with Crippen molar-refractivity contribution in [3.05, 3.63) is 76.3 Å². The lowest BCUT2D eigenvalue weighted by molar-refractivity contribution is -0.142. The van der Waals surface area contributed by atoms with Gasteiger partial charge in [-0.05, 0) is 49.8 Å². The summed E-state index contributed by atoms with van der Waals surface area (Å²) < 4.78 is 10.7. The first-order valence-electron chi connectivity index (χ1n) is 8.67. The number of fused-ring (bicyclic) bond motifs is 1. The largest absolute Gasteiger partial charge is 0.494 e. The van der Waals surface area contributed by atoms with Crippen LogP contribution in [0, 0.1) is 0 Å². The zero-order chi connectivity index (χ0) is 19.2. The van der Waals surface area contributed by atoms with Gasteiger partial charge in [0.1, 0.15) is 5.75 Å². The number of H-pyrrole nitrogens is 1. The van der Waals surface area contributed by atoms with Crippen LogP contribution in [0.4, 0.5) is 0 Å². The minimum Gasteiger partial charge on any atom is -0.494 e. The number of rotatable bonds is 6. The van der Waals surface area contributed by atoms with Crippen LogP contribution in [0.3, 0.4) is 0 Å². The first-order chi connectivity index (χ1) is 13.1. The predicted molar refractivity (Wildman–Crippen MR) is 104 cm³/mol. The Morgan fingerprint density at radius 1 is 1.19 bits per heavy atom. The zero-order valence-corrected chi connectivity index (χ0v) is 15.1.